The van der Waals surface area contributed by atoms with Gasteiger partial charge in [-0.15, -0.1) is 10.2 Å². The lowest BCUT2D eigenvalue weighted by Crippen LogP contribution is -2.29. The predicted molar refractivity (Wildman–Crippen MR) is 162 cm³/mol. The van der Waals surface area contributed by atoms with E-state index in [4.69, 9.17) is 4.74 Å². The Morgan fingerprint density at radius 3 is 2.55 bits per heavy atom. The second-order valence-corrected chi connectivity index (χ2v) is 12.2. The molecule has 3 aromatic carbocycles. The first-order valence-corrected chi connectivity index (χ1v) is 15.4. The van der Waals surface area contributed by atoms with Crippen LogP contribution in [0.1, 0.15) is 42.5 Å². The van der Waals surface area contributed by atoms with Crippen LogP contribution in [0, 0.1) is 0 Å². The molecule has 1 aliphatic rings. The number of benzene rings is 3. The van der Waals surface area contributed by atoms with Gasteiger partial charge in [-0.05, 0) is 53.9 Å². The predicted octanol–water partition coefficient (Wildman–Crippen LogP) is 7.40. The Morgan fingerprint density at radius 2 is 1.82 bits per heavy atom. The number of ether oxygens (including phenoxy) is 1. The van der Waals surface area contributed by atoms with Crippen molar-refractivity contribution in [2.75, 3.05) is 11.5 Å². The highest BCUT2D eigenvalue weighted by atomic mass is 79.9. The van der Waals surface area contributed by atoms with Crippen LogP contribution in [-0.4, -0.2) is 33.6 Å². The third-order valence-corrected chi connectivity index (χ3v) is 8.93. The van der Waals surface area contributed by atoms with Crippen LogP contribution in [0.2, 0.25) is 0 Å². The summed E-state index contributed by atoms with van der Waals surface area (Å²) in [6.45, 7) is 2.69. The highest BCUT2D eigenvalue weighted by Gasteiger charge is 2.48. The smallest absolute Gasteiger partial charge is 0.301 e. The number of halogens is 1. The zero-order chi connectivity index (χ0) is 28.1. The number of anilines is 1. The monoisotopic (exact) mass is 635 g/mol. The van der Waals surface area contributed by atoms with Gasteiger partial charge in [0.15, 0.2) is 4.34 Å². The molecular formula is C30H26BrN3O4S2. The number of hydrogen-bond acceptors (Lipinski definition) is 8. The fourth-order valence-electron chi connectivity index (χ4n) is 4.30. The molecule has 0 bridgehead atoms. The largest absolute Gasteiger partial charge is 0.507 e. The van der Waals surface area contributed by atoms with Crippen LogP contribution in [0.3, 0.4) is 0 Å². The third-order valence-electron chi connectivity index (χ3n) is 6.31. The van der Waals surface area contributed by atoms with Crippen molar-refractivity contribution in [3.63, 3.8) is 0 Å². The van der Waals surface area contributed by atoms with Crippen molar-refractivity contribution >= 4 is 61.6 Å². The lowest BCUT2D eigenvalue weighted by Gasteiger charge is -2.22. The highest BCUT2D eigenvalue weighted by Crippen LogP contribution is 2.44. The molecule has 0 radical (unpaired) electrons. The summed E-state index contributed by atoms with van der Waals surface area (Å²) in [5.41, 5.74) is 2.21. The molecule has 1 saturated heterocycles. The standard InChI is InChI=1S/C30H26BrN3O4S2/c1-2-3-16-38-23-14-12-20(13-15-23)26(35)24-25(21-10-7-11-22(31)17-21)34(28(37)27(24)36)29-32-33-30(40-29)39-18-19-8-5-4-6-9-19/h4-15,17,25,35H,2-3,16,18H2,1H3/t25-/m1/s1. The Balaban J connectivity index is 1.49. The number of Topliss-reactive ketones (excluding diaryl/α,β-unsaturated/α-hetero) is 1. The van der Waals surface area contributed by atoms with E-state index < -0.39 is 17.7 Å². The van der Waals surface area contributed by atoms with E-state index in [0.29, 0.717) is 38.7 Å². The molecule has 0 aliphatic carbocycles. The number of aromatic nitrogens is 2. The first-order valence-electron chi connectivity index (χ1n) is 12.8. The van der Waals surface area contributed by atoms with E-state index in [2.05, 4.69) is 33.1 Å². The second-order valence-electron chi connectivity index (χ2n) is 9.08. The molecule has 10 heteroatoms. The summed E-state index contributed by atoms with van der Waals surface area (Å²) in [5.74, 6) is -0.430. The van der Waals surface area contributed by atoms with E-state index in [9.17, 15) is 14.7 Å². The number of aliphatic hydroxyl groups is 1. The maximum Gasteiger partial charge on any atom is 0.301 e. The Morgan fingerprint density at radius 1 is 1.05 bits per heavy atom. The molecule has 1 atom stereocenters. The zero-order valence-electron chi connectivity index (χ0n) is 21.6. The number of rotatable bonds is 10. The molecule has 1 fully saturated rings. The summed E-state index contributed by atoms with van der Waals surface area (Å²) >= 11 is 6.24. The number of thioether (sulfide) groups is 1. The number of carbonyl (C=O) groups excluding carboxylic acids is 2. The fourth-order valence-corrected chi connectivity index (χ4v) is 6.54. The van der Waals surface area contributed by atoms with Gasteiger partial charge in [0.1, 0.15) is 11.5 Å². The van der Waals surface area contributed by atoms with Crippen molar-refractivity contribution in [3.8, 4) is 5.75 Å². The van der Waals surface area contributed by atoms with Gasteiger partial charge in [0.05, 0.1) is 18.2 Å². The minimum Gasteiger partial charge on any atom is -0.507 e. The molecule has 2 heterocycles. The van der Waals surface area contributed by atoms with Crippen molar-refractivity contribution in [2.45, 2.75) is 35.9 Å². The summed E-state index contributed by atoms with van der Waals surface area (Å²) in [5, 5.41) is 20.2. The molecule has 5 rings (SSSR count). The number of ketones is 1. The number of unbranched alkanes of at least 4 members (excludes halogenated alkanes) is 1. The Bertz CT molecular complexity index is 1540. The third kappa shape index (κ3) is 6.14. The fraction of sp³-hybridized carbons (Fsp3) is 0.200. The van der Waals surface area contributed by atoms with Crippen LogP contribution < -0.4 is 9.64 Å². The Labute approximate surface area is 249 Å². The lowest BCUT2D eigenvalue weighted by atomic mass is 9.95. The van der Waals surface area contributed by atoms with Gasteiger partial charge in [-0.2, -0.15) is 0 Å². The molecule has 40 heavy (non-hydrogen) atoms. The quantitative estimate of drug-likeness (QED) is 0.0485. The first-order chi connectivity index (χ1) is 19.5. The number of hydrogen-bond donors (Lipinski definition) is 1. The minimum absolute atomic E-state index is 0.00330. The zero-order valence-corrected chi connectivity index (χ0v) is 24.8. The van der Waals surface area contributed by atoms with Crippen molar-refractivity contribution < 1.29 is 19.4 Å². The van der Waals surface area contributed by atoms with Gasteiger partial charge in [-0.25, -0.2) is 0 Å². The molecule has 1 amide bonds. The average molecular weight is 637 g/mol. The lowest BCUT2D eigenvalue weighted by molar-refractivity contribution is -0.132. The van der Waals surface area contributed by atoms with Gasteiger partial charge in [-0.1, -0.05) is 94.8 Å². The van der Waals surface area contributed by atoms with E-state index in [-0.39, 0.29) is 11.3 Å². The summed E-state index contributed by atoms with van der Waals surface area (Å²) in [6.07, 6.45) is 1.96. The van der Waals surface area contributed by atoms with Gasteiger partial charge in [0.2, 0.25) is 5.13 Å². The highest BCUT2D eigenvalue weighted by molar-refractivity contribution is 9.10. The topological polar surface area (TPSA) is 92.6 Å². The SMILES string of the molecule is CCCCOc1ccc(C(O)=C2C(=O)C(=O)N(c3nnc(SCc4ccccc4)s3)[C@@H]2c2cccc(Br)c2)cc1. The van der Waals surface area contributed by atoms with Crippen LogP contribution in [0.15, 0.2) is 93.2 Å². The summed E-state index contributed by atoms with van der Waals surface area (Å²) in [7, 11) is 0. The Kier molecular flexibility index (Phi) is 8.98. The van der Waals surface area contributed by atoms with E-state index in [1.807, 2.05) is 54.6 Å². The van der Waals surface area contributed by atoms with E-state index >= 15 is 0 Å². The van der Waals surface area contributed by atoms with Crippen molar-refractivity contribution in [1.82, 2.24) is 10.2 Å². The van der Waals surface area contributed by atoms with Crippen LogP contribution in [0.4, 0.5) is 5.13 Å². The normalized spacial score (nSPS) is 16.4. The van der Waals surface area contributed by atoms with Crippen LogP contribution >= 0.6 is 39.0 Å². The van der Waals surface area contributed by atoms with Gasteiger partial charge >= 0.3 is 5.91 Å². The van der Waals surface area contributed by atoms with Crippen LogP contribution in [0.5, 0.6) is 5.75 Å². The molecular weight excluding hydrogens is 610 g/mol. The minimum atomic E-state index is -0.877. The molecule has 0 saturated carbocycles. The molecule has 1 aliphatic heterocycles. The molecule has 1 aromatic heterocycles. The van der Waals surface area contributed by atoms with Gasteiger partial charge in [0, 0.05) is 15.8 Å². The number of amides is 1. The Hall–Kier alpha value is -3.47. The van der Waals surface area contributed by atoms with Crippen molar-refractivity contribution in [3.05, 3.63) is 106 Å². The second kappa shape index (κ2) is 12.8. The average Bonchev–Trinajstić information content (AvgIpc) is 3.54. The van der Waals surface area contributed by atoms with Gasteiger partial charge < -0.3 is 9.84 Å². The van der Waals surface area contributed by atoms with E-state index in [0.717, 1.165) is 22.9 Å². The molecule has 7 nitrogen and oxygen atoms in total. The van der Waals surface area contributed by atoms with Crippen molar-refractivity contribution in [1.29, 1.82) is 0 Å². The number of aliphatic hydroxyl groups excluding tert-OH is 1. The maximum atomic E-state index is 13.4. The van der Waals surface area contributed by atoms with E-state index in [1.165, 1.54) is 28.0 Å². The van der Waals surface area contributed by atoms with Gasteiger partial charge in [-0.3, -0.25) is 14.5 Å². The van der Waals surface area contributed by atoms with Crippen LogP contribution in [-0.2, 0) is 15.3 Å². The summed E-state index contributed by atoms with van der Waals surface area (Å²) in [6, 6.07) is 23.3. The van der Waals surface area contributed by atoms with Gasteiger partial charge in [0.25, 0.3) is 5.78 Å². The molecule has 0 spiro atoms. The molecule has 204 valence electrons. The molecule has 4 aromatic rings. The maximum absolute atomic E-state index is 13.4. The number of nitrogens with zero attached hydrogens (tertiary/aromatic N) is 3. The van der Waals surface area contributed by atoms with Crippen molar-refractivity contribution in [2.24, 2.45) is 0 Å². The first kappa shape index (κ1) is 28.1. The van der Waals surface area contributed by atoms with E-state index in [1.54, 1.807) is 24.3 Å². The number of carbonyl (C=O) groups is 2. The molecule has 1 N–H and O–H groups in total. The summed E-state index contributed by atoms with van der Waals surface area (Å²) < 4.78 is 7.18. The molecule has 0 unspecified atom stereocenters. The summed E-state index contributed by atoms with van der Waals surface area (Å²) in [4.78, 5) is 28.2. The van der Waals surface area contributed by atoms with Crippen LogP contribution in [0.25, 0.3) is 5.76 Å².